The maximum atomic E-state index is 9.60. The minimum Gasteiger partial charge on any atom is -0.392 e. The molecule has 0 aromatic heterocycles. The highest BCUT2D eigenvalue weighted by molar-refractivity contribution is 6.17. The summed E-state index contributed by atoms with van der Waals surface area (Å²) in [6.07, 6.45) is 0. The molecular formula is C23H24ClNO. The second-order valence-electron chi connectivity index (χ2n) is 6.53. The van der Waals surface area contributed by atoms with Crippen LogP contribution >= 0.6 is 11.6 Å². The van der Waals surface area contributed by atoms with Gasteiger partial charge in [0, 0.05) is 24.7 Å². The predicted molar refractivity (Wildman–Crippen MR) is 109 cm³/mol. The summed E-state index contributed by atoms with van der Waals surface area (Å²) < 4.78 is 0. The summed E-state index contributed by atoms with van der Waals surface area (Å²) in [4.78, 5) is 2.37. The molecule has 0 bridgehead atoms. The van der Waals surface area contributed by atoms with Crippen molar-refractivity contribution in [2.24, 2.45) is 0 Å². The van der Waals surface area contributed by atoms with Gasteiger partial charge in [0.05, 0.1) is 6.61 Å². The van der Waals surface area contributed by atoms with E-state index in [1.54, 1.807) is 0 Å². The van der Waals surface area contributed by atoms with Gasteiger partial charge in [-0.05, 0) is 40.8 Å². The second kappa shape index (κ2) is 8.88. The number of aryl methyl sites for hydroxylation is 1. The van der Waals surface area contributed by atoms with Crippen LogP contribution in [0.4, 0.5) is 5.69 Å². The van der Waals surface area contributed by atoms with Crippen molar-refractivity contribution in [2.45, 2.75) is 32.5 Å². The Labute approximate surface area is 160 Å². The first-order valence-corrected chi connectivity index (χ1v) is 9.36. The van der Waals surface area contributed by atoms with Crippen LogP contribution in [0.25, 0.3) is 0 Å². The zero-order chi connectivity index (χ0) is 18.4. The van der Waals surface area contributed by atoms with Crippen molar-refractivity contribution in [1.82, 2.24) is 0 Å². The lowest BCUT2D eigenvalue weighted by atomic mass is 10.0. The Bertz CT molecular complexity index is 792. The predicted octanol–water partition coefficient (Wildman–Crippen LogP) is 5.43. The normalized spacial score (nSPS) is 10.7. The minimum atomic E-state index is 0.0144. The van der Waals surface area contributed by atoms with Crippen LogP contribution in [0.3, 0.4) is 0 Å². The Balaban J connectivity index is 1.99. The van der Waals surface area contributed by atoms with Crippen LogP contribution in [0, 0.1) is 6.92 Å². The molecule has 1 N–H and O–H groups in total. The first-order valence-electron chi connectivity index (χ1n) is 8.83. The Kier molecular flexibility index (Phi) is 6.32. The molecule has 0 fully saturated rings. The fourth-order valence-corrected chi connectivity index (χ4v) is 3.49. The zero-order valence-electron chi connectivity index (χ0n) is 15.0. The molecule has 0 unspecified atom stereocenters. The van der Waals surface area contributed by atoms with Crippen LogP contribution in [0.2, 0.25) is 0 Å². The number of benzene rings is 3. The molecule has 3 heteroatoms. The SMILES string of the molecule is Cc1cc(CO)c(CCl)cc1N(Cc1ccccc1)Cc1ccccc1. The van der Waals surface area contributed by atoms with Gasteiger partial charge in [-0.1, -0.05) is 66.7 Å². The highest BCUT2D eigenvalue weighted by Crippen LogP contribution is 2.29. The average Bonchev–Trinajstić information content (AvgIpc) is 2.69. The van der Waals surface area contributed by atoms with E-state index < -0.39 is 0 Å². The molecule has 26 heavy (non-hydrogen) atoms. The van der Waals surface area contributed by atoms with Crippen molar-refractivity contribution in [1.29, 1.82) is 0 Å². The van der Waals surface area contributed by atoms with E-state index in [0.717, 1.165) is 35.5 Å². The first-order chi connectivity index (χ1) is 12.7. The molecule has 134 valence electrons. The third-order valence-electron chi connectivity index (χ3n) is 4.61. The number of rotatable bonds is 7. The van der Waals surface area contributed by atoms with Crippen LogP contribution < -0.4 is 4.90 Å². The second-order valence-corrected chi connectivity index (χ2v) is 6.79. The Hall–Kier alpha value is -2.29. The van der Waals surface area contributed by atoms with Crippen molar-refractivity contribution >= 4 is 17.3 Å². The van der Waals surface area contributed by atoms with Crippen molar-refractivity contribution in [2.75, 3.05) is 4.90 Å². The highest BCUT2D eigenvalue weighted by atomic mass is 35.5. The maximum absolute atomic E-state index is 9.60. The number of aliphatic hydroxyl groups excluding tert-OH is 1. The van der Waals surface area contributed by atoms with Gasteiger partial charge in [0.1, 0.15) is 0 Å². The summed E-state index contributed by atoms with van der Waals surface area (Å²) in [5, 5.41) is 9.60. The van der Waals surface area contributed by atoms with Gasteiger partial charge in [0.2, 0.25) is 0 Å². The molecule has 0 heterocycles. The van der Waals surface area contributed by atoms with Crippen molar-refractivity contribution in [3.8, 4) is 0 Å². The van der Waals surface area contributed by atoms with E-state index in [1.807, 2.05) is 12.1 Å². The van der Waals surface area contributed by atoms with Crippen molar-refractivity contribution < 1.29 is 5.11 Å². The van der Waals surface area contributed by atoms with Crippen LogP contribution in [-0.4, -0.2) is 5.11 Å². The van der Waals surface area contributed by atoms with Gasteiger partial charge in [-0.2, -0.15) is 0 Å². The maximum Gasteiger partial charge on any atom is 0.0685 e. The van der Waals surface area contributed by atoms with Crippen LogP contribution in [0.5, 0.6) is 0 Å². The summed E-state index contributed by atoms with van der Waals surface area (Å²) in [5.41, 5.74) is 6.73. The van der Waals surface area contributed by atoms with Gasteiger partial charge in [0.25, 0.3) is 0 Å². The lowest BCUT2D eigenvalue weighted by Crippen LogP contribution is -2.23. The molecule has 3 aromatic carbocycles. The van der Waals surface area contributed by atoms with E-state index in [1.165, 1.54) is 11.1 Å². The molecule has 3 rings (SSSR count). The van der Waals surface area contributed by atoms with E-state index >= 15 is 0 Å². The minimum absolute atomic E-state index is 0.0144. The molecule has 2 nitrogen and oxygen atoms in total. The third-order valence-corrected chi connectivity index (χ3v) is 4.89. The number of alkyl halides is 1. The molecule has 0 saturated heterocycles. The fraction of sp³-hybridized carbons (Fsp3) is 0.217. The van der Waals surface area contributed by atoms with Gasteiger partial charge in [-0.15, -0.1) is 11.6 Å². The number of hydrogen-bond donors (Lipinski definition) is 1. The number of anilines is 1. The standard InChI is InChI=1S/C23H24ClNO/c1-18-12-22(17-26)21(14-24)13-23(18)25(15-19-8-4-2-5-9-19)16-20-10-6-3-7-11-20/h2-13,26H,14-17H2,1H3. The van der Waals surface area contributed by atoms with Gasteiger partial charge in [-0.25, -0.2) is 0 Å². The van der Waals surface area contributed by atoms with E-state index in [4.69, 9.17) is 11.6 Å². The molecule has 0 atom stereocenters. The summed E-state index contributed by atoms with van der Waals surface area (Å²) >= 11 is 6.13. The summed E-state index contributed by atoms with van der Waals surface area (Å²) in [6.45, 7) is 3.74. The lowest BCUT2D eigenvalue weighted by Gasteiger charge is -2.28. The van der Waals surface area contributed by atoms with Crippen molar-refractivity contribution in [3.63, 3.8) is 0 Å². The fourth-order valence-electron chi connectivity index (χ4n) is 3.25. The van der Waals surface area contributed by atoms with Gasteiger partial charge < -0.3 is 10.0 Å². The van der Waals surface area contributed by atoms with Gasteiger partial charge >= 0.3 is 0 Å². The van der Waals surface area contributed by atoms with Crippen LogP contribution in [-0.2, 0) is 25.6 Å². The quantitative estimate of drug-likeness (QED) is 0.564. The number of hydrogen-bond acceptors (Lipinski definition) is 2. The Morgan fingerprint density at radius 3 is 1.81 bits per heavy atom. The Morgan fingerprint density at radius 1 is 0.808 bits per heavy atom. The number of aliphatic hydroxyl groups is 1. The topological polar surface area (TPSA) is 23.5 Å². The Morgan fingerprint density at radius 2 is 1.35 bits per heavy atom. The summed E-state index contributed by atoms with van der Waals surface area (Å²) in [7, 11) is 0. The van der Waals surface area contributed by atoms with Gasteiger partial charge in [0.15, 0.2) is 0 Å². The van der Waals surface area contributed by atoms with Crippen molar-refractivity contribution in [3.05, 3.63) is 101 Å². The molecule has 0 amide bonds. The van der Waals surface area contributed by atoms with E-state index in [9.17, 15) is 5.11 Å². The number of nitrogens with zero attached hydrogens (tertiary/aromatic N) is 1. The highest BCUT2D eigenvalue weighted by Gasteiger charge is 2.14. The molecule has 3 aromatic rings. The van der Waals surface area contributed by atoms with Gasteiger partial charge in [-0.3, -0.25) is 0 Å². The molecule has 0 saturated carbocycles. The van der Waals surface area contributed by atoms with Crippen LogP contribution in [0.1, 0.15) is 27.8 Å². The van der Waals surface area contributed by atoms with E-state index in [0.29, 0.717) is 5.88 Å². The molecule has 0 radical (unpaired) electrons. The molecule has 0 aliphatic heterocycles. The van der Waals surface area contributed by atoms with Crippen LogP contribution in [0.15, 0.2) is 72.8 Å². The number of halogens is 1. The average molecular weight is 366 g/mol. The molecule has 0 spiro atoms. The zero-order valence-corrected chi connectivity index (χ0v) is 15.8. The molecule has 0 aliphatic rings. The summed E-state index contributed by atoms with van der Waals surface area (Å²) in [5.74, 6) is 0.397. The monoisotopic (exact) mass is 365 g/mol. The molecular weight excluding hydrogens is 342 g/mol. The molecule has 0 aliphatic carbocycles. The van der Waals surface area contributed by atoms with E-state index in [2.05, 4.69) is 72.5 Å². The largest absolute Gasteiger partial charge is 0.392 e. The lowest BCUT2D eigenvalue weighted by molar-refractivity contribution is 0.281. The van der Waals surface area contributed by atoms with E-state index in [-0.39, 0.29) is 6.61 Å². The summed E-state index contributed by atoms with van der Waals surface area (Å²) in [6, 6.07) is 25.1. The smallest absolute Gasteiger partial charge is 0.0685 e. The first kappa shape index (κ1) is 18.5. The third kappa shape index (κ3) is 4.46.